The van der Waals surface area contributed by atoms with Crippen molar-refractivity contribution in [3.8, 4) is 0 Å². The fraction of sp³-hybridized carbons (Fsp3) is 0.200. The molecule has 1 amide bonds. The zero-order valence-corrected chi connectivity index (χ0v) is 10.8. The Bertz CT molecular complexity index is 630. The lowest BCUT2D eigenvalue weighted by atomic mass is 10.2. The molecule has 0 aliphatic carbocycles. The van der Waals surface area contributed by atoms with Crippen LogP contribution >= 0.6 is 11.6 Å². The minimum absolute atomic E-state index is 0.0111. The maximum atomic E-state index is 11.9. The second-order valence-electron chi connectivity index (χ2n) is 3.70. The van der Waals surface area contributed by atoms with E-state index in [1.54, 1.807) is 6.20 Å². The molecule has 0 saturated heterocycles. The van der Waals surface area contributed by atoms with Crippen molar-refractivity contribution in [1.82, 2.24) is 25.3 Å². The number of carbonyl (C=O) groups is 1. The fourth-order valence-corrected chi connectivity index (χ4v) is 1.64. The summed E-state index contributed by atoms with van der Waals surface area (Å²) >= 11 is 5.64. The predicted molar refractivity (Wildman–Crippen MR) is 68.3 cm³/mol. The Hall–Kier alpha value is -2.55. The molecular weight excluding hydrogens is 288 g/mol. The van der Waals surface area contributed by atoms with E-state index in [0.29, 0.717) is 6.54 Å². The highest BCUT2D eigenvalue weighted by Gasteiger charge is 2.21. The van der Waals surface area contributed by atoms with E-state index in [4.69, 9.17) is 11.6 Å². The van der Waals surface area contributed by atoms with Crippen molar-refractivity contribution in [3.05, 3.63) is 45.5 Å². The lowest BCUT2D eigenvalue weighted by Crippen LogP contribution is -2.28. The third-order valence-electron chi connectivity index (χ3n) is 2.39. The Balaban J connectivity index is 2.05. The number of halogens is 1. The highest BCUT2D eigenvalue weighted by atomic mass is 35.5. The Kier molecular flexibility index (Phi) is 4.20. The van der Waals surface area contributed by atoms with Crippen molar-refractivity contribution >= 4 is 23.2 Å². The van der Waals surface area contributed by atoms with E-state index in [2.05, 4.69) is 20.6 Å². The number of rotatable bonds is 5. The van der Waals surface area contributed by atoms with E-state index in [9.17, 15) is 14.9 Å². The topological polar surface area (TPSA) is 116 Å². The summed E-state index contributed by atoms with van der Waals surface area (Å²) in [7, 11) is 0. The lowest BCUT2D eigenvalue weighted by Gasteiger charge is -2.05. The molecule has 1 N–H and O–H groups in total. The van der Waals surface area contributed by atoms with Crippen LogP contribution in [0.4, 0.5) is 5.69 Å². The van der Waals surface area contributed by atoms with Gasteiger partial charge in [-0.2, -0.15) is 0 Å². The molecule has 2 heterocycles. The van der Waals surface area contributed by atoms with Crippen LogP contribution in [0.25, 0.3) is 0 Å². The fourth-order valence-electron chi connectivity index (χ4n) is 1.48. The van der Waals surface area contributed by atoms with Crippen molar-refractivity contribution in [2.45, 2.75) is 6.54 Å². The molecular formula is C10H9ClN6O3. The standard InChI is InChI=1S/C10H9ClN6O3/c11-9-5-7(8(6-13-9)17(19)20)10(18)12-1-3-16-4-2-14-15-16/h2,4-6H,1,3H2,(H,12,18). The van der Waals surface area contributed by atoms with Gasteiger partial charge in [0.25, 0.3) is 11.6 Å². The summed E-state index contributed by atoms with van der Waals surface area (Å²) in [5.74, 6) is -0.596. The quantitative estimate of drug-likeness (QED) is 0.492. The van der Waals surface area contributed by atoms with Crippen LogP contribution in [0.15, 0.2) is 24.7 Å². The minimum atomic E-state index is -0.685. The Labute approximate surface area is 117 Å². The number of nitrogens with zero attached hydrogens (tertiary/aromatic N) is 5. The summed E-state index contributed by atoms with van der Waals surface area (Å²) in [6.07, 6.45) is 4.10. The summed E-state index contributed by atoms with van der Waals surface area (Å²) in [6.45, 7) is 0.650. The monoisotopic (exact) mass is 296 g/mol. The van der Waals surface area contributed by atoms with Crippen molar-refractivity contribution in [2.24, 2.45) is 0 Å². The smallest absolute Gasteiger partial charge is 0.300 e. The highest BCUT2D eigenvalue weighted by Crippen LogP contribution is 2.19. The molecule has 10 heteroatoms. The summed E-state index contributed by atoms with van der Waals surface area (Å²) in [4.78, 5) is 25.6. The van der Waals surface area contributed by atoms with Crippen LogP contribution in [0.2, 0.25) is 5.15 Å². The number of hydrogen-bond donors (Lipinski definition) is 1. The zero-order chi connectivity index (χ0) is 14.5. The van der Waals surface area contributed by atoms with Gasteiger partial charge in [0.05, 0.1) is 17.7 Å². The van der Waals surface area contributed by atoms with Crippen LogP contribution in [0.3, 0.4) is 0 Å². The number of nitro groups is 1. The molecule has 0 radical (unpaired) electrons. The Morgan fingerprint density at radius 3 is 3.00 bits per heavy atom. The first-order chi connectivity index (χ1) is 9.58. The van der Waals surface area contributed by atoms with Crippen LogP contribution in [0.1, 0.15) is 10.4 Å². The van der Waals surface area contributed by atoms with Gasteiger partial charge in [-0.1, -0.05) is 16.8 Å². The van der Waals surface area contributed by atoms with Gasteiger partial charge in [-0.05, 0) is 6.07 Å². The normalized spacial score (nSPS) is 10.2. The van der Waals surface area contributed by atoms with E-state index in [-0.39, 0.29) is 17.3 Å². The SMILES string of the molecule is O=C(NCCn1ccnn1)c1cc(Cl)ncc1[N+](=O)[O-]. The van der Waals surface area contributed by atoms with E-state index >= 15 is 0 Å². The minimum Gasteiger partial charge on any atom is -0.350 e. The van der Waals surface area contributed by atoms with Gasteiger partial charge in [0, 0.05) is 12.7 Å². The van der Waals surface area contributed by atoms with Crippen LogP contribution in [0, 0.1) is 10.1 Å². The van der Waals surface area contributed by atoms with Gasteiger partial charge in [0.1, 0.15) is 16.9 Å². The van der Waals surface area contributed by atoms with Gasteiger partial charge in [0.15, 0.2) is 0 Å². The second-order valence-corrected chi connectivity index (χ2v) is 4.09. The van der Waals surface area contributed by atoms with Crippen molar-refractivity contribution < 1.29 is 9.72 Å². The van der Waals surface area contributed by atoms with Crippen molar-refractivity contribution in [1.29, 1.82) is 0 Å². The first-order valence-corrected chi connectivity index (χ1v) is 5.88. The molecule has 0 fully saturated rings. The molecule has 0 saturated carbocycles. The van der Waals surface area contributed by atoms with Gasteiger partial charge >= 0.3 is 0 Å². The summed E-state index contributed by atoms with van der Waals surface area (Å²) in [5, 5.41) is 20.7. The van der Waals surface area contributed by atoms with E-state index in [1.165, 1.54) is 10.9 Å². The molecule has 9 nitrogen and oxygen atoms in total. The van der Waals surface area contributed by atoms with Crippen LogP contribution in [-0.4, -0.2) is 37.4 Å². The van der Waals surface area contributed by atoms with Crippen LogP contribution in [-0.2, 0) is 6.54 Å². The molecule has 0 atom stereocenters. The molecule has 2 aromatic rings. The van der Waals surface area contributed by atoms with Crippen molar-refractivity contribution in [2.75, 3.05) is 6.54 Å². The van der Waals surface area contributed by atoms with Crippen molar-refractivity contribution in [3.63, 3.8) is 0 Å². The number of hydrogen-bond acceptors (Lipinski definition) is 6. The number of aromatic nitrogens is 4. The maximum absolute atomic E-state index is 11.9. The molecule has 0 bridgehead atoms. The summed E-state index contributed by atoms with van der Waals surface area (Å²) in [5.41, 5.74) is -0.527. The molecule has 0 aromatic carbocycles. The van der Waals surface area contributed by atoms with E-state index < -0.39 is 16.5 Å². The molecule has 0 spiro atoms. The maximum Gasteiger partial charge on any atom is 0.300 e. The van der Waals surface area contributed by atoms with E-state index in [1.807, 2.05) is 0 Å². The largest absolute Gasteiger partial charge is 0.350 e. The van der Waals surface area contributed by atoms with E-state index in [0.717, 1.165) is 12.3 Å². The average Bonchev–Trinajstić information content (AvgIpc) is 2.91. The number of amides is 1. The van der Waals surface area contributed by atoms with Gasteiger partial charge in [-0.15, -0.1) is 5.10 Å². The molecule has 0 unspecified atom stereocenters. The first kappa shape index (κ1) is 13.9. The number of nitrogens with one attached hydrogen (secondary N) is 1. The molecule has 20 heavy (non-hydrogen) atoms. The first-order valence-electron chi connectivity index (χ1n) is 5.50. The van der Waals surface area contributed by atoms with Gasteiger partial charge in [-0.3, -0.25) is 19.6 Å². The van der Waals surface area contributed by atoms with Gasteiger partial charge < -0.3 is 5.32 Å². The average molecular weight is 297 g/mol. The third kappa shape index (κ3) is 3.26. The molecule has 2 rings (SSSR count). The van der Waals surface area contributed by atoms with Crippen LogP contribution in [0.5, 0.6) is 0 Å². The Morgan fingerprint density at radius 2 is 2.35 bits per heavy atom. The molecule has 104 valence electrons. The number of carbonyl (C=O) groups excluding carboxylic acids is 1. The molecule has 2 aromatic heterocycles. The third-order valence-corrected chi connectivity index (χ3v) is 2.60. The lowest BCUT2D eigenvalue weighted by molar-refractivity contribution is -0.385. The van der Waals surface area contributed by atoms with Gasteiger partial charge in [-0.25, -0.2) is 4.98 Å². The van der Waals surface area contributed by atoms with Crippen LogP contribution < -0.4 is 5.32 Å². The Morgan fingerprint density at radius 1 is 1.55 bits per heavy atom. The molecule has 0 aliphatic rings. The second kappa shape index (κ2) is 6.06. The summed E-state index contributed by atoms with van der Waals surface area (Å²) < 4.78 is 1.52. The summed E-state index contributed by atoms with van der Waals surface area (Å²) in [6, 6.07) is 1.16. The predicted octanol–water partition coefficient (Wildman–Crippen LogP) is 0.665. The zero-order valence-electron chi connectivity index (χ0n) is 10.1. The molecule has 0 aliphatic heterocycles. The number of pyridine rings is 1. The van der Waals surface area contributed by atoms with Gasteiger partial charge in [0.2, 0.25) is 0 Å². The highest BCUT2D eigenvalue weighted by molar-refractivity contribution is 6.29.